The molecule has 4 rings (SSSR count). The Morgan fingerprint density at radius 2 is 1.93 bits per heavy atom. The summed E-state index contributed by atoms with van der Waals surface area (Å²) in [4.78, 5) is 28.1. The van der Waals surface area contributed by atoms with Crippen molar-refractivity contribution in [3.05, 3.63) is 18.2 Å². The number of aliphatic hydroxyl groups excluding tert-OH is 6. The molecule has 2 fully saturated rings. The lowest BCUT2D eigenvalue weighted by molar-refractivity contribution is -0.292. The van der Waals surface area contributed by atoms with Gasteiger partial charge in [-0.1, -0.05) is 5.92 Å². The molecular weight excluding hydrogens is 651 g/mol. The maximum atomic E-state index is 15.9. The highest BCUT2D eigenvalue weighted by Gasteiger charge is 2.65. The number of rotatable bonds is 10. The fourth-order valence-corrected chi connectivity index (χ4v) is 7.34. The van der Waals surface area contributed by atoms with Crippen molar-refractivity contribution in [1.29, 1.82) is 0 Å². The zero-order chi connectivity index (χ0) is 32.1. The van der Waals surface area contributed by atoms with Crippen LogP contribution in [-0.2, 0) is 39.2 Å². The van der Waals surface area contributed by atoms with Gasteiger partial charge < -0.3 is 65.3 Å². The molecule has 0 saturated carbocycles. The summed E-state index contributed by atoms with van der Waals surface area (Å²) >= 11 is 4.60. The lowest BCUT2D eigenvalue weighted by Crippen LogP contribution is -2.61. The molecule has 2 aliphatic rings. The molecule has 0 aromatic carbocycles. The number of nitrogens with two attached hydrogens (primary N) is 1. The van der Waals surface area contributed by atoms with Crippen molar-refractivity contribution >= 4 is 37.8 Å². The van der Waals surface area contributed by atoms with Crippen LogP contribution in [0.2, 0.25) is 0 Å². The number of ether oxygens (including phenoxy) is 2. The summed E-state index contributed by atoms with van der Waals surface area (Å²) < 4.78 is 53.2. The Labute approximate surface area is 244 Å². The molecule has 0 bridgehead atoms. The summed E-state index contributed by atoms with van der Waals surface area (Å²) in [5, 5.41) is 74.2. The number of imidazole rings is 1. The maximum Gasteiger partial charge on any atom is 0.481 e. The molecule has 0 aliphatic carbocycles. The quantitative estimate of drug-likeness (QED) is 0.0840. The Bertz CT molecular complexity index is 1490. The van der Waals surface area contributed by atoms with Gasteiger partial charge in [0, 0.05) is 0 Å². The summed E-state index contributed by atoms with van der Waals surface area (Å²) in [5.74, 6) is -1.75. The van der Waals surface area contributed by atoms with E-state index in [1.54, 1.807) is 0 Å². The monoisotopic (exact) mass is 677 g/mol. The van der Waals surface area contributed by atoms with Crippen LogP contribution in [0.15, 0.2) is 12.5 Å². The third-order valence-corrected chi connectivity index (χ3v) is 9.93. The van der Waals surface area contributed by atoms with E-state index in [2.05, 4.69) is 35.7 Å². The second-order valence-corrected chi connectivity index (χ2v) is 13.7. The zero-order valence-corrected chi connectivity index (χ0v) is 23.9. The summed E-state index contributed by atoms with van der Waals surface area (Å²) in [7, 11) is -5.64. The number of hydrogen-bond acceptors (Lipinski definition) is 18. The number of nitrogen functional groups attached to an aromatic ring is 1. The van der Waals surface area contributed by atoms with Crippen LogP contribution in [0.25, 0.3) is 5.65 Å². The number of phosphoric ester groups is 1. The molecule has 2 saturated heterocycles. The second kappa shape index (κ2) is 12.2. The average Bonchev–Trinajstić information content (AvgIpc) is 3.46. The third kappa shape index (κ3) is 6.46. The van der Waals surface area contributed by atoms with Gasteiger partial charge in [0.05, 0.1) is 18.5 Å². The van der Waals surface area contributed by atoms with Crippen LogP contribution in [0.3, 0.4) is 0 Å². The number of terminal acetylenes is 1. The Morgan fingerprint density at radius 3 is 2.56 bits per heavy atom. The van der Waals surface area contributed by atoms with Crippen molar-refractivity contribution < 1.29 is 77.3 Å². The van der Waals surface area contributed by atoms with E-state index >= 15 is 4.39 Å². The molecule has 0 radical (unpaired) electrons. The smallest absolute Gasteiger partial charge is 0.394 e. The van der Waals surface area contributed by atoms with Crippen LogP contribution in [-0.4, -0.2) is 133 Å². The number of fused-ring (bicyclic) bond motifs is 1. The highest BCUT2D eigenvalue weighted by Crippen LogP contribution is 2.62. The fraction of sp³-hybridized carbons (Fsp3) is 0.632. The molecule has 2 aliphatic heterocycles. The van der Waals surface area contributed by atoms with Crippen molar-refractivity contribution in [2.45, 2.75) is 60.5 Å². The first-order valence-electron chi connectivity index (χ1n) is 11.8. The number of aliphatic hydroxyl groups is 7. The van der Waals surface area contributed by atoms with Gasteiger partial charge in [-0.25, -0.2) is 27.7 Å². The molecule has 4 heterocycles. The number of aromatic nitrogens is 4. The van der Waals surface area contributed by atoms with Crippen LogP contribution < -0.4 is 5.73 Å². The Morgan fingerprint density at radius 1 is 1.26 bits per heavy atom. The van der Waals surface area contributed by atoms with Crippen LogP contribution >= 0.6 is 14.5 Å². The minimum absolute atomic E-state index is 0.0354. The van der Waals surface area contributed by atoms with E-state index < -0.39 is 88.2 Å². The molecule has 11 N–H and O–H groups in total. The zero-order valence-electron chi connectivity index (χ0n) is 21.3. The van der Waals surface area contributed by atoms with Gasteiger partial charge in [-0.3, -0.25) is 4.52 Å². The molecule has 20 nitrogen and oxygen atoms in total. The molecule has 240 valence electrons. The number of hydrogen-bond donors (Lipinski definition) is 10. The number of halogens is 1. The topological polar surface area (TPSA) is 314 Å². The second-order valence-electron chi connectivity index (χ2n) is 9.31. The lowest BCUT2D eigenvalue weighted by Gasteiger charge is -2.41. The van der Waals surface area contributed by atoms with Gasteiger partial charge in [-0.2, -0.15) is 5.10 Å². The lowest BCUT2D eigenvalue weighted by atomic mass is 9.89. The van der Waals surface area contributed by atoms with E-state index in [1.807, 2.05) is 5.92 Å². The van der Waals surface area contributed by atoms with Crippen molar-refractivity contribution in [2.24, 2.45) is 0 Å². The Hall–Kier alpha value is -1.84. The largest absolute Gasteiger partial charge is 0.481 e. The predicted molar refractivity (Wildman–Crippen MR) is 137 cm³/mol. The van der Waals surface area contributed by atoms with Gasteiger partial charge in [0.2, 0.25) is 0 Å². The van der Waals surface area contributed by atoms with E-state index in [-0.39, 0.29) is 17.2 Å². The Kier molecular flexibility index (Phi) is 9.63. The standard InChI is InChI=1S/C19H26FN5O15P2S/c1-2-18(32)13(7-3-22-15-14(21)23-6-24-25(7)15)38-19(20,17(18)31)5-36-42(35,43)40-41(33,34)39-16-11(30)9(28)10(29)12(37-16)8(27)4-26/h1,3,6,8-13,16-17,26-32H,4-5H2,(H,33,34)(H,35,43)(H2,21,23,24)/t8-,9?,10?,11?,12?,13-,16?,17-,18-,19+,42?/m0/s1. The van der Waals surface area contributed by atoms with Gasteiger partial charge in [-0.05, 0) is 11.8 Å². The molecule has 2 aromatic heterocycles. The van der Waals surface area contributed by atoms with E-state index in [1.165, 1.54) is 0 Å². The van der Waals surface area contributed by atoms with Crippen molar-refractivity contribution in [3.8, 4) is 12.3 Å². The highest BCUT2D eigenvalue weighted by molar-refractivity contribution is 8.08. The van der Waals surface area contributed by atoms with Crippen molar-refractivity contribution in [3.63, 3.8) is 0 Å². The summed E-state index contributed by atoms with van der Waals surface area (Å²) in [6, 6.07) is 0. The normalized spacial score (nSPS) is 38.3. The fourth-order valence-electron chi connectivity index (χ4n) is 4.26. The summed E-state index contributed by atoms with van der Waals surface area (Å²) in [6.45, 7) is -7.59. The summed E-state index contributed by atoms with van der Waals surface area (Å²) in [5.41, 5.74) is 2.67. The highest BCUT2D eigenvalue weighted by atomic mass is 32.5. The molecule has 7 unspecified atom stereocenters. The molecule has 24 heteroatoms. The van der Waals surface area contributed by atoms with Crippen LogP contribution in [0.5, 0.6) is 0 Å². The molecule has 43 heavy (non-hydrogen) atoms. The van der Waals surface area contributed by atoms with Gasteiger partial charge in [0.25, 0.3) is 5.85 Å². The molecule has 2 aromatic rings. The van der Waals surface area contributed by atoms with E-state index in [0.29, 0.717) is 0 Å². The number of anilines is 1. The predicted octanol–water partition coefficient (Wildman–Crippen LogP) is -4.30. The molecule has 0 spiro atoms. The first-order valence-corrected chi connectivity index (χ1v) is 15.9. The molecule has 0 amide bonds. The maximum absolute atomic E-state index is 15.9. The van der Waals surface area contributed by atoms with Gasteiger partial charge in [0.15, 0.2) is 29.5 Å². The van der Waals surface area contributed by atoms with Crippen LogP contribution in [0.1, 0.15) is 11.8 Å². The average molecular weight is 677 g/mol. The molecular formula is C19H26FN5O15P2S. The molecule has 12 atom stereocenters. The van der Waals surface area contributed by atoms with E-state index in [4.69, 9.17) is 31.3 Å². The van der Waals surface area contributed by atoms with Gasteiger partial charge >= 0.3 is 14.5 Å². The van der Waals surface area contributed by atoms with Gasteiger partial charge in [-0.15, -0.1) is 6.42 Å². The van der Waals surface area contributed by atoms with Crippen molar-refractivity contribution in [2.75, 3.05) is 18.9 Å². The minimum atomic E-state index is -5.64. The van der Waals surface area contributed by atoms with Crippen LogP contribution in [0.4, 0.5) is 10.2 Å². The van der Waals surface area contributed by atoms with Crippen LogP contribution in [0, 0.1) is 12.3 Å². The SMILES string of the molecule is C#C[C@]1(O)[C@H](c2cnc3c(N)ncnn23)O[C@](F)(COP(O)(=S)OP(=O)(O)OC2OC([C@@H](O)CO)C(O)C(O)C2O)[C@H]1O. The van der Waals surface area contributed by atoms with Gasteiger partial charge in [0.1, 0.15) is 49.6 Å². The van der Waals surface area contributed by atoms with Crippen molar-refractivity contribution in [1.82, 2.24) is 19.6 Å². The summed E-state index contributed by atoms with van der Waals surface area (Å²) in [6.07, 6.45) is -9.36. The first-order chi connectivity index (χ1) is 19.9. The first kappa shape index (κ1) is 34.0. The minimum Gasteiger partial charge on any atom is -0.394 e. The number of nitrogens with zero attached hydrogens (tertiary/aromatic N) is 4. The number of alkyl halides is 1. The van der Waals surface area contributed by atoms with E-state index in [0.717, 1.165) is 17.0 Å². The van der Waals surface area contributed by atoms with E-state index in [9.17, 15) is 45.0 Å². The number of phosphoric acid groups is 1. The third-order valence-electron chi connectivity index (χ3n) is 6.44. The Balaban J connectivity index is 1.48.